The number of hydrogen-bond donors (Lipinski definition) is 1. The highest BCUT2D eigenvalue weighted by atomic mass is 35.5. The molecule has 86 valence electrons. The average molecular weight is 238 g/mol. The van der Waals surface area contributed by atoms with Gasteiger partial charge in [-0.3, -0.25) is 0 Å². The lowest BCUT2D eigenvalue weighted by Crippen LogP contribution is -2.10. The Morgan fingerprint density at radius 1 is 1.25 bits per heavy atom. The Hall–Kier alpha value is -1.32. The van der Waals surface area contributed by atoms with Crippen LogP contribution >= 0.6 is 12.4 Å². The van der Waals surface area contributed by atoms with Crippen molar-refractivity contribution in [2.45, 2.75) is 13.5 Å². The maximum Gasteiger partial charge on any atom is 0.0645 e. The number of aromatic nitrogens is 2. The number of para-hydroxylation sites is 1. The Bertz CT molecular complexity index is 411. The molecule has 0 saturated carbocycles. The molecule has 2 aromatic rings. The molecule has 0 bridgehead atoms. The predicted molar refractivity (Wildman–Crippen MR) is 68.2 cm³/mol. The van der Waals surface area contributed by atoms with Crippen LogP contribution in [0.4, 0.5) is 0 Å². The molecule has 0 aliphatic carbocycles. The van der Waals surface area contributed by atoms with E-state index >= 15 is 0 Å². The zero-order valence-corrected chi connectivity index (χ0v) is 10.1. The highest BCUT2D eigenvalue weighted by molar-refractivity contribution is 5.85. The maximum atomic E-state index is 4.32. The summed E-state index contributed by atoms with van der Waals surface area (Å²) in [5, 5.41) is 7.59. The molecule has 16 heavy (non-hydrogen) atoms. The van der Waals surface area contributed by atoms with Crippen LogP contribution in [-0.2, 0) is 6.54 Å². The van der Waals surface area contributed by atoms with Gasteiger partial charge in [0.25, 0.3) is 0 Å². The molecule has 0 amide bonds. The summed E-state index contributed by atoms with van der Waals surface area (Å²) in [5.41, 5.74) is 2.31. The fourth-order valence-corrected chi connectivity index (χ4v) is 1.44. The normalized spacial score (nSPS) is 9.81. The van der Waals surface area contributed by atoms with Gasteiger partial charge >= 0.3 is 0 Å². The third kappa shape index (κ3) is 3.08. The first-order chi connectivity index (χ1) is 7.40. The van der Waals surface area contributed by atoms with E-state index < -0.39 is 0 Å². The van der Waals surface area contributed by atoms with E-state index in [0.29, 0.717) is 0 Å². The first-order valence-electron chi connectivity index (χ1n) is 5.20. The predicted octanol–water partition coefficient (Wildman–Crippen LogP) is 2.40. The zero-order chi connectivity index (χ0) is 10.5. The van der Waals surface area contributed by atoms with Crippen LogP contribution in [-0.4, -0.2) is 16.3 Å². The molecule has 0 spiro atoms. The van der Waals surface area contributed by atoms with E-state index in [-0.39, 0.29) is 12.4 Å². The first-order valence-corrected chi connectivity index (χ1v) is 5.20. The Labute approximate surface area is 102 Å². The van der Waals surface area contributed by atoms with Gasteiger partial charge in [0.15, 0.2) is 0 Å². The van der Waals surface area contributed by atoms with Crippen LogP contribution in [0.15, 0.2) is 42.7 Å². The summed E-state index contributed by atoms with van der Waals surface area (Å²) < 4.78 is 1.90. The van der Waals surface area contributed by atoms with E-state index in [0.717, 1.165) is 18.8 Å². The summed E-state index contributed by atoms with van der Waals surface area (Å²) in [6.07, 6.45) is 3.95. The molecule has 1 aromatic heterocycles. The van der Waals surface area contributed by atoms with Gasteiger partial charge in [0, 0.05) is 18.3 Å². The monoisotopic (exact) mass is 237 g/mol. The number of nitrogens with one attached hydrogen (secondary N) is 1. The topological polar surface area (TPSA) is 29.9 Å². The van der Waals surface area contributed by atoms with Crippen molar-refractivity contribution >= 4 is 12.4 Å². The second kappa shape index (κ2) is 6.30. The van der Waals surface area contributed by atoms with Crippen molar-refractivity contribution in [1.82, 2.24) is 15.1 Å². The Kier molecular flexibility index (Phi) is 5.02. The van der Waals surface area contributed by atoms with Crippen LogP contribution in [0.25, 0.3) is 5.69 Å². The van der Waals surface area contributed by atoms with Gasteiger partial charge in [0.2, 0.25) is 0 Å². The van der Waals surface area contributed by atoms with Gasteiger partial charge in [-0.05, 0) is 18.7 Å². The molecule has 0 radical (unpaired) electrons. The summed E-state index contributed by atoms with van der Waals surface area (Å²) in [6, 6.07) is 10.1. The molecular formula is C12H16ClN3. The van der Waals surface area contributed by atoms with E-state index in [1.54, 1.807) is 0 Å². The van der Waals surface area contributed by atoms with Crippen LogP contribution in [0, 0.1) is 0 Å². The lowest BCUT2D eigenvalue weighted by molar-refractivity contribution is 0.726. The molecule has 4 heteroatoms. The second-order valence-corrected chi connectivity index (χ2v) is 3.41. The molecule has 2 rings (SSSR count). The number of nitrogens with zero attached hydrogens (tertiary/aromatic N) is 2. The van der Waals surface area contributed by atoms with E-state index in [2.05, 4.69) is 23.5 Å². The van der Waals surface area contributed by atoms with Crippen LogP contribution < -0.4 is 5.32 Å². The van der Waals surface area contributed by atoms with E-state index in [1.165, 1.54) is 5.56 Å². The molecule has 0 unspecified atom stereocenters. The van der Waals surface area contributed by atoms with Gasteiger partial charge in [0.1, 0.15) is 0 Å². The standard InChI is InChI=1S/C12H15N3.ClH/c1-2-13-8-11-9-14-15(10-11)12-6-4-3-5-7-12;/h3-7,9-10,13H,2,8H2,1H3;1H. The van der Waals surface area contributed by atoms with Crippen molar-refractivity contribution in [3.63, 3.8) is 0 Å². The molecule has 3 nitrogen and oxygen atoms in total. The van der Waals surface area contributed by atoms with Gasteiger partial charge in [-0.2, -0.15) is 5.10 Å². The molecule has 1 N–H and O–H groups in total. The van der Waals surface area contributed by atoms with Crippen molar-refractivity contribution in [2.24, 2.45) is 0 Å². The third-order valence-electron chi connectivity index (χ3n) is 2.24. The number of benzene rings is 1. The Balaban J connectivity index is 0.00000128. The largest absolute Gasteiger partial charge is 0.313 e. The van der Waals surface area contributed by atoms with Crippen molar-refractivity contribution in [3.8, 4) is 5.69 Å². The van der Waals surface area contributed by atoms with Crippen molar-refractivity contribution in [3.05, 3.63) is 48.3 Å². The van der Waals surface area contributed by atoms with Gasteiger partial charge in [0.05, 0.1) is 11.9 Å². The van der Waals surface area contributed by atoms with Gasteiger partial charge in [-0.25, -0.2) is 4.68 Å². The second-order valence-electron chi connectivity index (χ2n) is 3.41. The zero-order valence-electron chi connectivity index (χ0n) is 9.26. The van der Waals surface area contributed by atoms with E-state index in [4.69, 9.17) is 0 Å². The van der Waals surface area contributed by atoms with Gasteiger partial charge in [-0.1, -0.05) is 25.1 Å². The molecule has 0 aliphatic rings. The first kappa shape index (κ1) is 12.7. The highest BCUT2D eigenvalue weighted by Crippen LogP contribution is 2.07. The molecular weight excluding hydrogens is 222 g/mol. The third-order valence-corrected chi connectivity index (χ3v) is 2.24. The summed E-state index contributed by atoms with van der Waals surface area (Å²) in [5.74, 6) is 0. The molecule has 0 aliphatic heterocycles. The van der Waals surface area contributed by atoms with Crippen LogP contribution in [0.2, 0.25) is 0 Å². The minimum Gasteiger partial charge on any atom is -0.313 e. The van der Waals surface area contributed by atoms with Crippen molar-refractivity contribution in [2.75, 3.05) is 6.54 Å². The minimum atomic E-state index is 0. The summed E-state index contributed by atoms with van der Waals surface area (Å²) in [4.78, 5) is 0. The Morgan fingerprint density at radius 2 is 2.00 bits per heavy atom. The summed E-state index contributed by atoms with van der Waals surface area (Å²) in [6.45, 7) is 3.96. The number of hydrogen-bond acceptors (Lipinski definition) is 2. The fourth-order valence-electron chi connectivity index (χ4n) is 1.44. The lowest BCUT2D eigenvalue weighted by atomic mass is 10.3. The molecule has 0 saturated heterocycles. The van der Waals surface area contributed by atoms with Crippen molar-refractivity contribution < 1.29 is 0 Å². The van der Waals surface area contributed by atoms with Gasteiger partial charge < -0.3 is 5.32 Å². The maximum absolute atomic E-state index is 4.32. The molecule has 0 fully saturated rings. The smallest absolute Gasteiger partial charge is 0.0645 e. The summed E-state index contributed by atoms with van der Waals surface area (Å²) >= 11 is 0. The molecule has 0 atom stereocenters. The number of rotatable bonds is 4. The quantitative estimate of drug-likeness (QED) is 0.885. The van der Waals surface area contributed by atoms with E-state index in [1.807, 2.05) is 41.2 Å². The average Bonchev–Trinajstić information content (AvgIpc) is 2.76. The van der Waals surface area contributed by atoms with E-state index in [9.17, 15) is 0 Å². The Morgan fingerprint density at radius 3 is 2.69 bits per heavy atom. The number of halogens is 1. The molecule has 1 heterocycles. The highest BCUT2D eigenvalue weighted by Gasteiger charge is 1.98. The molecule has 1 aromatic carbocycles. The van der Waals surface area contributed by atoms with Crippen LogP contribution in [0.1, 0.15) is 12.5 Å². The fraction of sp³-hybridized carbons (Fsp3) is 0.250. The van der Waals surface area contributed by atoms with Gasteiger partial charge in [-0.15, -0.1) is 12.4 Å². The van der Waals surface area contributed by atoms with Crippen molar-refractivity contribution in [1.29, 1.82) is 0 Å². The van der Waals surface area contributed by atoms with Crippen LogP contribution in [0.5, 0.6) is 0 Å². The minimum absolute atomic E-state index is 0. The lowest BCUT2D eigenvalue weighted by Gasteiger charge is -1.99. The SMILES string of the molecule is CCNCc1cnn(-c2ccccc2)c1.Cl. The van der Waals surface area contributed by atoms with Crippen LogP contribution in [0.3, 0.4) is 0 Å². The summed E-state index contributed by atoms with van der Waals surface area (Å²) in [7, 11) is 0.